The molecule has 0 aromatic carbocycles. The summed E-state index contributed by atoms with van der Waals surface area (Å²) in [4.78, 5) is 0. The largest absolute Gasteiger partial charge is 0.0776 e. The molecule has 9 aliphatic rings. The van der Waals surface area contributed by atoms with Crippen LogP contribution in [-0.2, 0) is 0 Å². The van der Waals surface area contributed by atoms with E-state index in [1.54, 1.807) is 32.1 Å². The van der Waals surface area contributed by atoms with Gasteiger partial charge in [-0.15, -0.1) is 0 Å². The van der Waals surface area contributed by atoms with Gasteiger partial charge in [0.25, 0.3) is 0 Å². The Balaban J connectivity index is 0.000000130. The summed E-state index contributed by atoms with van der Waals surface area (Å²) in [5.41, 5.74) is 0.838. The third-order valence-corrected chi connectivity index (χ3v) is 9.07. The molecule has 0 spiro atoms. The van der Waals surface area contributed by atoms with Gasteiger partial charge in [0.05, 0.1) is 0 Å². The molecule has 0 heteroatoms. The molecule has 25 heavy (non-hydrogen) atoms. The molecule has 0 saturated heterocycles. The van der Waals surface area contributed by atoms with Gasteiger partial charge in [-0.1, -0.05) is 67.7 Å². The van der Waals surface area contributed by atoms with E-state index in [1.165, 1.54) is 44.9 Å². The van der Waals surface area contributed by atoms with Gasteiger partial charge in [-0.3, -0.25) is 0 Å². The van der Waals surface area contributed by atoms with E-state index >= 15 is 0 Å². The van der Waals surface area contributed by atoms with Gasteiger partial charge < -0.3 is 0 Å². The van der Waals surface area contributed by atoms with E-state index in [4.69, 9.17) is 0 Å². The highest BCUT2D eigenvalue weighted by Gasteiger charge is 2.46. The molecule has 3 atom stereocenters. The molecule has 6 bridgehead atoms. The van der Waals surface area contributed by atoms with E-state index in [2.05, 4.69) is 20.8 Å². The summed E-state index contributed by atoms with van der Waals surface area (Å²) in [5.74, 6) is 7.93. The van der Waals surface area contributed by atoms with E-state index in [9.17, 15) is 0 Å². The van der Waals surface area contributed by atoms with Crippen LogP contribution < -0.4 is 0 Å². The lowest BCUT2D eigenvalue weighted by molar-refractivity contribution is 0.0284. The first kappa shape index (κ1) is 21.3. The molecule has 0 radical (unpaired) electrons. The Morgan fingerprint density at radius 2 is 1.32 bits per heavy atom. The Labute approximate surface area is 159 Å². The molecule has 0 aromatic heterocycles. The summed E-state index contributed by atoms with van der Waals surface area (Å²) in [6, 6.07) is 0. The fourth-order valence-corrected chi connectivity index (χ4v) is 6.93. The maximum Gasteiger partial charge on any atom is -0.0320 e. The first-order valence-corrected chi connectivity index (χ1v) is 11.0. The summed E-state index contributed by atoms with van der Waals surface area (Å²) < 4.78 is 0. The molecule has 148 valence electrons. The van der Waals surface area contributed by atoms with Crippen LogP contribution >= 0.6 is 0 Å². The molecule has 0 aliphatic heterocycles. The zero-order valence-corrected chi connectivity index (χ0v) is 16.0. The van der Waals surface area contributed by atoms with Crippen molar-refractivity contribution in [2.75, 3.05) is 0 Å². The highest BCUT2D eigenvalue weighted by molar-refractivity contribution is 4.97. The second-order valence-electron chi connectivity index (χ2n) is 10.8. The Morgan fingerprint density at radius 3 is 1.52 bits per heavy atom. The lowest BCUT2D eigenvalue weighted by atomic mass is 9.58. The minimum Gasteiger partial charge on any atom is -0.0776 e. The maximum absolute atomic E-state index is 2.43. The van der Waals surface area contributed by atoms with Crippen molar-refractivity contribution in [3.8, 4) is 0 Å². The third kappa shape index (κ3) is 4.47. The minimum atomic E-state index is 0. The number of fused-ring (bicyclic) bond motifs is 5. The average molecular weight is 349 g/mol. The highest BCUT2D eigenvalue weighted by Crippen LogP contribution is 2.58. The molecular weight excluding hydrogens is 300 g/mol. The van der Waals surface area contributed by atoms with Gasteiger partial charge in [0.2, 0.25) is 0 Å². The van der Waals surface area contributed by atoms with Gasteiger partial charge >= 0.3 is 0 Å². The van der Waals surface area contributed by atoms with E-state index in [0.29, 0.717) is 0 Å². The predicted octanol–water partition coefficient (Wildman–Crippen LogP) is 8.35. The lowest BCUT2D eigenvalue weighted by Gasteiger charge is -2.47. The van der Waals surface area contributed by atoms with E-state index in [1.807, 2.05) is 0 Å². The smallest absolute Gasteiger partial charge is 0.0320 e. The fraction of sp³-hybridized carbons (Fsp3) is 1.00. The standard InChI is InChI=1S/2C8H14.C7H12.2CH4/c1-6-2-3-7-4-8(6)5-7;1-6-7-3-2-4-8(6)5-7;1-7-3-2-6(4-7)5-7;;/h2*6-8H,2-5H2,1H3;6H,2-5H2,1H3;2*1H4. The van der Waals surface area contributed by atoms with Gasteiger partial charge in [0, 0.05) is 0 Å². The Bertz CT molecular complexity index is 361. The summed E-state index contributed by atoms with van der Waals surface area (Å²) in [6.45, 7) is 7.27. The van der Waals surface area contributed by atoms with Crippen LogP contribution in [0, 0.1) is 46.8 Å². The molecule has 9 aliphatic carbocycles. The van der Waals surface area contributed by atoms with Gasteiger partial charge in [-0.25, -0.2) is 0 Å². The maximum atomic E-state index is 2.43. The quantitative estimate of drug-likeness (QED) is 0.412. The Hall–Kier alpha value is 0. The second-order valence-corrected chi connectivity index (χ2v) is 10.8. The lowest BCUT2D eigenvalue weighted by Crippen LogP contribution is -2.38. The van der Waals surface area contributed by atoms with Crippen LogP contribution in [-0.4, -0.2) is 0 Å². The SMILES string of the molecule is C.C.CC12CCC(C1)C2.CC1C2CCCC1C2.CC1CCC2CC1C2. The number of hydrogen-bond donors (Lipinski definition) is 0. The van der Waals surface area contributed by atoms with Gasteiger partial charge in [-0.05, 0) is 91.8 Å². The van der Waals surface area contributed by atoms with E-state index < -0.39 is 0 Å². The highest BCUT2D eigenvalue weighted by atomic mass is 14.5. The summed E-state index contributed by atoms with van der Waals surface area (Å²) in [5, 5.41) is 0. The third-order valence-electron chi connectivity index (χ3n) is 9.07. The monoisotopic (exact) mass is 348 g/mol. The van der Waals surface area contributed by atoms with Crippen LogP contribution in [0.4, 0.5) is 0 Å². The molecule has 0 nitrogen and oxygen atoms in total. The van der Waals surface area contributed by atoms with Crippen molar-refractivity contribution in [2.24, 2.45) is 46.8 Å². The van der Waals surface area contributed by atoms with Crippen molar-refractivity contribution < 1.29 is 0 Å². The Kier molecular flexibility index (Phi) is 7.11. The molecule has 9 rings (SSSR count). The van der Waals surface area contributed by atoms with Crippen LogP contribution in [0.15, 0.2) is 0 Å². The van der Waals surface area contributed by atoms with Crippen LogP contribution in [0.1, 0.15) is 113 Å². The van der Waals surface area contributed by atoms with Crippen LogP contribution in [0.3, 0.4) is 0 Å². The van der Waals surface area contributed by atoms with Gasteiger partial charge in [0.1, 0.15) is 0 Å². The molecule has 9 fully saturated rings. The van der Waals surface area contributed by atoms with Crippen LogP contribution in [0.5, 0.6) is 0 Å². The summed E-state index contributed by atoms with van der Waals surface area (Å²) >= 11 is 0. The van der Waals surface area contributed by atoms with Gasteiger partial charge in [-0.2, -0.15) is 0 Å². The van der Waals surface area contributed by atoms with E-state index in [0.717, 1.165) is 46.8 Å². The van der Waals surface area contributed by atoms with Gasteiger partial charge in [0.15, 0.2) is 0 Å². The van der Waals surface area contributed by atoms with E-state index in [-0.39, 0.29) is 14.9 Å². The zero-order valence-electron chi connectivity index (χ0n) is 16.0. The van der Waals surface area contributed by atoms with Crippen LogP contribution in [0.2, 0.25) is 0 Å². The molecule has 0 amide bonds. The topological polar surface area (TPSA) is 0 Å². The Morgan fingerprint density at radius 1 is 0.680 bits per heavy atom. The number of hydrogen-bond acceptors (Lipinski definition) is 0. The predicted molar refractivity (Wildman–Crippen MR) is 113 cm³/mol. The van der Waals surface area contributed by atoms with Crippen molar-refractivity contribution in [3.05, 3.63) is 0 Å². The van der Waals surface area contributed by atoms with Crippen molar-refractivity contribution in [3.63, 3.8) is 0 Å². The van der Waals surface area contributed by atoms with Crippen molar-refractivity contribution in [1.29, 1.82) is 0 Å². The zero-order chi connectivity index (χ0) is 16.0. The van der Waals surface area contributed by atoms with Crippen molar-refractivity contribution in [2.45, 2.75) is 113 Å². The summed E-state index contributed by atoms with van der Waals surface area (Å²) in [6.07, 6.45) is 18.5. The van der Waals surface area contributed by atoms with Crippen molar-refractivity contribution >= 4 is 0 Å². The molecule has 0 heterocycles. The molecule has 0 N–H and O–H groups in total. The van der Waals surface area contributed by atoms with Crippen LogP contribution in [0.25, 0.3) is 0 Å². The van der Waals surface area contributed by atoms with Crippen molar-refractivity contribution in [1.82, 2.24) is 0 Å². The summed E-state index contributed by atoms with van der Waals surface area (Å²) in [7, 11) is 0. The number of rotatable bonds is 0. The molecule has 3 unspecified atom stereocenters. The molecule has 0 aromatic rings. The first-order valence-electron chi connectivity index (χ1n) is 11.0. The first-order chi connectivity index (χ1) is 11.0. The second kappa shape index (κ2) is 8.35. The average Bonchev–Trinajstić information content (AvgIpc) is 3.06. The molecular formula is C25H48. The normalized spacial score (nSPS) is 49.8. The minimum absolute atomic E-state index is 0. The molecule has 9 saturated carbocycles. The fourth-order valence-electron chi connectivity index (χ4n) is 6.93.